The zero-order valence-electron chi connectivity index (χ0n) is 11.5. The maximum absolute atomic E-state index is 5.94. The Balaban J connectivity index is 1.54. The maximum atomic E-state index is 5.94. The normalized spacial score (nSPS) is 10.8. The highest BCUT2D eigenvalue weighted by Crippen LogP contribution is 2.26. The molecule has 0 fully saturated rings. The molecule has 114 valence electrons. The number of aryl methyl sites for hydroxylation is 1. The van der Waals surface area contributed by atoms with Crippen LogP contribution in [0.25, 0.3) is 0 Å². The van der Waals surface area contributed by atoms with Gasteiger partial charge in [0.2, 0.25) is 0 Å². The lowest BCUT2D eigenvalue weighted by atomic mass is 10.2. The van der Waals surface area contributed by atoms with Gasteiger partial charge in [0.1, 0.15) is 15.8 Å². The molecular weight excluding hydrogens is 344 g/mol. The van der Waals surface area contributed by atoms with Gasteiger partial charge in [-0.25, -0.2) is 0 Å². The minimum atomic E-state index is 0.232. The first-order valence-electron chi connectivity index (χ1n) is 6.32. The van der Waals surface area contributed by atoms with E-state index in [0.717, 1.165) is 22.8 Å². The molecule has 0 radical (unpaired) electrons. The number of benzene rings is 1. The molecule has 2 heterocycles. The fourth-order valence-corrected chi connectivity index (χ4v) is 3.13. The van der Waals surface area contributed by atoms with Crippen molar-refractivity contribution in [3.63, 3.8) is 0 Å². The van der Waals surface area contributed by atoms with Crippen LogP contribution in [0.5, 0.6) is 5.75 Å². The number of aromatic nitrogens is 4. The molecule has 0 spiro atoms. The Kier molecular flexibility index (Phi) is 4.91. The summed E-state index contributed by atoms with van der Waals surface area (Å²) in [4.78, 5) is 0. The van der Waals surface area contributed by atoms with Crippen LogP contribution in [0.1, 0.15) is 17.1 Å². The van der Waals surface area contributed by atoms with E-state index in [2.05, 4.69) is 19.8 Å². The van der Waals surface area contributed by atoms with Crippen LogP contribution in [0.2, 0.25) is 4.34 Å². The SMILES string of the molecule is Cc1cccc(OCc2nnc(SCc3nnsc3Cl)o2)c1. The summed E-state index contributed by atoms with van der Waals surface area (Å²) in [6.45, 7) is 2.24. The van der Waals surface area contributed by atoms with Gasteiger partial charge in [-0.1, -0.05) is 40.0 Å². The summed E-state index contributed by atoms with van der Waals surface area (Å²) >= 11 is 8.45. The second-order valence-electron chi connectivity index (χ2n) is 4.35. The quantitative estimate of drug-likeness (QED) is 0.624. The van der Waals surface area contributed by atoms with E-state index in [1.807, 2.05) is 31.2 Å². The molecule has 0 N–H and O–H groups in total. The molecule has 0 atom stereocenters. The third-order valence-electron chi connectivity index (χ3n) is 2.64. The van der Waals surface area contributed by atoms with E-state index in [0.29, 0.717) is 26.9 Å². The Labute approximate surface area is 140 Å². The van der Waals surface area contributed by atoms with E-state index >= 15 is 0 Å². The molecule has 3 aromatic rings. The van der Waals surface area contributed by atoms with Crippen molar-refractivity contribution in [1.29, 1.82) is 0 Å². The van der Waals surface area contributed by atoms with Crippen LogP contribution in [0.4, 0.5) is 0 Å². The fraction of sp³-hybridized carbons (Fsp3) is 0.231. The second-order valence-corrected chi connectivity index (χ2v) is 6.63. The molecule has 0 amide bonds. The molecular formula is C13H11ClN4O2S2. The molecule has 0 saturated carbocycles. The number of nitrogens with zero attached hydrogens (tertiary/aromatic N) is 4. The lowest BCUT2D eigenvalue weighted by Crippen LogP contribution is -1.95. The predicted octanol–water partition coefficient (Wildman–Crippen LogP) is 3.75. The van der Waals surface area contributed by atoms with Crippen LogP contribution < -0.4 is 4.74 Å². The van der Waals surface area contributed by atoms with Crippen molar-refractivity contribution in [2.45, 2.75) is 24.5 Å². The number of hydrogen-bond donors (Lipinski definition) is 0. The minimum Gasteiger partial charge on any atom is -0.484 e. The van der Waals surface area contributed by atoms with Crippen molar-refractivity contribution in [2.75, 3.05) is 0 Å². The van der Waals surface area contributed by atoms with Gasteiger partial charge in [0, 0.05) is 17.3 Å². The fourth-order valence-electron chi connectivity index (χ4n) is 1.62. The highest BCUT2D eigenvalue weighted by molar-refractivity contribution is 7.98. The van der Waals surface area contributed by atoms with E-state index in [1.165, 1.54) is 11.8 Å². The number of thioether (sulfide) groups is 1. The number of hydrogen-bond acceptors (Lipinski definition) is 8. The monoisotopic (exact) mass is 354 g/mol. The molecule has 0 unspecified atom stereocenters. The van der Waals surface area contributed by atoms with Crippen LogP contribution in [-0.4, -0.2) is 19.8 Å². The van der Waals surface area contributed by atoms with Crippen LogP contribution in [0.3, 0.4) is 0 Å². The summed E-state index contributed by atoms with van der Waals surface area (Å²) < 4.78 is 15.5. The van der Waals surface area contributed by atoms with Crippen molar-refractivity contribution in [1.82, 2.24) is 19.8 Å². The van der Waals surface area contributed by atoms with Crippen LogP contribution >= 0.6 is 34.9 Å². The van der Waals surface area contributed by atoms with Crippen molar-refractivity contribution in [3.05, 3.63) is 45.7 Å². The molecule has 0 bridgehead atoms. The van der Waals surface area contributed by atoms with E-state index in [-0.39, 0.29) is 6.61 Å². The van der Waals surface area contributed by atoms with Gasteiger partial charge in [0.05, 0.1) is 0 Å². The average Bonchev–Trinajstić information content (AvgIpc) is 3.12. The molecule has 0 aliphatic rings. The Bertz CT molecular complexity index is 762. The second kappa shape index (κ2) is 7.08. The van der Waals surface area contributed by atoms with E-state index in [4.69, 9.17) is 20.8 Å². The Morgan fingerprint density at radius 3 is 3.00 bits per heavy atom. The Morgan fingerprint density at radius 2 is 2.23 bits per heavy atom. The third-order valence-corrected chi connectivity index (χ3v) is 4.46. The molecule has 0 aliphatic heterocycles. The molecule has 1 aromatic carbocycles. The highest BCUT2D eigenvalue weighted by atomic mass is 35.5. The molecule has 9 heteroatoms. The molecule has 6 nitrogen and oxygen atoms in total. The third kappa shape index (κ3) is 3.96. The van der Waals surface area contributed by atoms with Gasteiger partial charge in [-0.3, -0.25) is 0 Å². The molecule has 0 saturated heterocycles. The summed E-state index contributed by atoms with van der Waals surface area (Å²) in [5.41, 5.74) is 1.85. The first-order chi connectivity index (χ1) is 10.7. The molecule has 0 aliphatic carbocycles. The van der Waals surface area contributed by atoms with Crippen LogP contribution in [-0.2, 0) is 12.4 Å². The number of ether oxygens (including phenoxy) is 1. The van der Waals surface area contributed by atoms with Gasteiger partial charge in [-0.15, -0.1) is 15.3 Å². The van der Waals surface area contributed by atoms with Crippen LogP contribution in [0, 0.1) is 6.92 Å². The highest BCUT2D eigenvalue weighted by Gasteiger charge is 2.11. The topological polar surface area (TPSA) is 73.9 Å². The zero-order chi connectivity index (χ0) is 15.4. The van der Waals surface area contributed by atoms with E-state index in [9.17, 15) is 0 Å². The number of halogens is 1. The van der Waals surface area contributed by atoms with Crippen molar-refractivity contribution < 1.29 is 9.15 Å². The van der Waals surface area contributed by atoms with Gasteiger partial charge >= 0.3 is 0 Å². The summed E-state index contributed by atoms with van der Waals surface area (Å²) in [7, 11) is 0. The lowest BCUT2D eigenvalue weighted by molar-refractivity contribution is 0.252. The summed E-state index contributed by atoms with van der Waals surface area (Å²) in [5, 5.41) is 12.3. The van der Waals surface area contributed by atoms with Crippen LogP contribution in [0.15, 0.2) is 33.9 Å². The largest absolute Gasteiger partial charge is 0.484 e. The smallest absolute Gasteiger partial charge is 0.277 e. The van der Waals surface area contributed by atoms with Gasteiger partial charge in [-0.05, 0) is 24.6 Å². The average molecular weight is 355 g/mol. The van der Waals surface area contributed by atoms with Crippen molar-refractivity contribution >= 4 is 34.9 Å². The maximum Gasteiger partial charge on any atom is 0.277 e. The first kappa shape index (κ1) is 15.3. The zero-order valence-corrected chi connectivity index (χ0v) is 13.9. The van der Waals surface area contributed by atoms with Gasteiger partial charge in [0.15, 0.2) is 6.61 Å². The Hall–Kier alpha value is -1.64. The molecule has 2 aromatic heterocycles. The molecule has 22 heavy (non-hydrogen) atoms. The Morgan fingerprint density at radius 1 is 1.32 bits per heavy atom. The van der Waals surface area contributed by atoms with Crippen molar-refractivity contribution in [3.8, 4) is 5.75 Å². The summed E-state index contributed by atoms with van der Waals surface area (Å²) in [6.07, 6.45) is 0. The van der Waals surface area contributed by atoms with Gasteiger partial charge in [0.25, 0.3) is 11.1 Å². The lowest BCUT2D eigenvalue weighted by Gasteiger charge is -2.03. The standard InChI is InChI=1S/C13H11ClN4O2S2/c1-8-3-2-4-9(5-8)19-6-11-16-17-13(20-11)21-7-10-12(14)22-18-15-10/h2-5H,6-7H2,1H3. The minimum absolute atomic E-state index is 0.232. The van der Waals surface area contributed by atoms with E-state index < -0.39 is 0 Å². The predicted molar refractivity (Wildman–Crippen MR) is 84.3 cm³/mol. The van der Waals surface area contributed by atoms with Gasteiger partial charge in [-0.2, -0.15) is 0 Å². The number of rotatable bonds is 6. The first-order valence-corrected chi connectivity index (χ1v) is 8.46. The summed E-state index contributed by atoms with van der Waals surface area (Å²) in [5.74, 6) is 1.73. The molecule has 3 rings (SSSR count). The van der Waals surface area contributed by atoms with Gasteiger partial charge < -0.3 is 9.15 Å². The summed E-state index contributed by atoms with van der Waals surface area (Å²) in [6, 6.07) is 7.78. The van der Waals surface area contributed by atoms with E-state index in [1.54, 1.807) is 0 Å². The van der Waals surface area contributed by atoms with Crippen molar-refractivity contribution in [2.24, 2.45) is 0 Å².